The minimum absolute atomic E-state index is 0.186. The normalized spacial score (nSPS) is 24.3. The minimum Gasteiger partial charge on any atom is -0.480 e. The maximum Gasteiger partial charge on any atom is 0.327 e. The zero-order valence-electron chi connectivity index (χ0n) is 11.7. The van der Waals surface area contributed by atoms with Gasteiger partial charge in [-0.05, 0) is 18.3 Å². The number of amides is 2. The second-order valence-electron chi connectivity index (χ2n) is 6.84. The van der Waals surface area contributed by atoms with Gasteiger partial charge >= 0.3 is 5.97 Å². The molecule has 106 valence electrons. The predicted octanol–water partition coefficient (Wildman–Crippen LogP) is 1.80. The molecule has 0 aromatic carbocycles. The van der Waals surface area contributed by atoms with Gasteiger partial charge in [-0.3, -0.25) is 14.5 Å². The smallest absolute Gasteiger partial charge is 0.327 e. The maximum absolute atomic E-state index is 12.6. The van der Waals surface area contributed by atoms with Gasteiger partial charge in [-0.15, -0.1) is 0 Å². The Morgan fingerprint density at radius 3 is 2.21 bits per heavy atom. The number of carboxylic acid groups (broad SMARTS) is 1. The van der Waals surface area contributed by atoms with Crippen LogP contribution in [0.1, 0.15) is 52.9 Å². The maximum atomic E-state index is 12.6. The Morgan fingerprint density at radius 1 is 1.26 bits per heavy atom. The van der Waals surface area contributed by atoms with Crippen molar-refractivity contribution >= 4 is 17.8 Å². The molecule has 5 heteroatoms. The molecule has 2 amide bonds. The van der Waals surface area contributed by atoms with Crippen molar-refractivity contribution in [3.8, 4) is 0 Å². The van der Waals surface area contributed by atoms with Crippen molar-refractivity contribution in [2.75, 3.05) is 0 Å². The minimum atomic E-state index is -1.11. The van der Waals surface area contributed by atoms with E-state index in [0.29, 0.717) is 12.8 Å². The van der Waals surface area contributed by atoms with E-state index in [-0.39, 0.29) is 18.2 Å². The Morgan fingerprint density at radius 2 is 1.79 bits per heavy atom. The van der Waals surface area contributed by atoms with Gasteiger partial charge in [0, 0.05) is 6.42 Å². The number of carbonyl (C=O) groups is 3. The van der Waals surface area contributed by atoms with Gasteiger partial charge in [-0.1, -0.05) is 33.6 Å². The highest BCUT2D eigenvalue weighted by atomic mass is 16.4. The second kappa shape index (κ2) is 4.32. The van der Waals surface area contributed by atoms with Crippen LogP contribution in [0.2, 0.25) is 0 Å². The van der Waals surface area contributed by atoms with Crippen molar-refractivity contribution in [2.24, 2.45) is 10.8 Å². The van der Waals surface area contributed by atoms with Crippen LogP contribution in [0, 0.1) is 10.8 Å². The molecule has 0 aromatic heterocycles. The summed E-state index contributed by atoms with van der Waals surface area (Å²) in [6.45, 7) is 5.23. The van der Waals surface area contributed by atoms with E-state index in [1.54, 1.807) is 20.8 Å². The first-order valence-corrected chi connectivity index (χ1v) is 6.78. The summed E-state index contributed by atoms with van der Waals surface area (Å²) in [7, 11) is 0. The average molecular weight is 267 g/mol. The number of hydrogen-bond donors (Lipinski definition) is 1. The molecule has 2 fully saturated rings. The van der Waals surface area contributed by atoms with Crippen molar-refractivity contribution in [1.82, 2.24) is 4.90 Å². The molecular weight excluding hydrogens is 246 g/mol. The van der Waals surface area contributed by atoms with E-state index in [2.05, 4.69) is 0 Å². The van der Waals surface area contributed by atoms with Crippen LogP contribution in [0.25, 0.3) is 0 Å². The first kappa shape index (κ1) is 14.0. The lowest BCUT2D eigenvalue weighted by Crippen LogP contribution is -2.52. The fraction of sp³-hybridized carbons (Fsp3) is 0.786. The van der Waals surface area contributed by atoms with Crippen molar-refractivity contribution in [2.45, 2.75) is 58.9 Å². The van der Waals surface area contributed by atoms with E-state index in [9.17, 15) is 19.5 Å². The van der Waals surface area contributed by atoms with E-state index in [4.69, 9.17) is 0 Å². The molecule has 1 heterocycles. The lowest BCUT2D eigenvalue weighted by atomic mass is 9.83. The summed E-state index contributed by atoms with van der Waals surface area (Å²) in [5, 5.41) is 9.39. The molecule has 5 nitrogen and oxygen atoms in total. The van der Waals surface area contributed by atoms with Crippen LogP contribution >= 0.6 is 0 Å². The predicted molar refractivity (Wildman–Crippen MR) is 68.2 cm³/mol. The molecule has 1 saturated carbocycles. The number of carboxylic acids is 1. The van der Waals surface area contributed by atoms with Crippen molar-refractivity contribution in [1.29, 1.82) is 0 Å². The Kier molecular flexibility index (Phi) is 3.19. The first-order chi connectivity index (χ1) is 8.69. The van der Waals surface area contributed by atoms with Crippen molar-refractivity contribution in [3.63, 3.8) is 0 Å². The summed E-state index contributed by atoms with van der Waals surface area (Å²) in [5.41, 5.74) is -1.27. The number of hydrogen-bond acceptors (Lipinski definition) is 3. The van der Waals surface area contributed by atoms with Gasteiger partial charge in [0.15, 0.2) is 0 Å². The molecule has 1 aliphatic carbocycles. The zero-order chi connectivity index (χ0) is 14.4. The van der Waals surface area contributed by atoms with Crippen LogP contribution in [0.15, 0.2) is 0 Å². The molecule has 1 N–H and O–H groups in total. The summed E-state index contributed by atoms with van der Waals surface area (Å²) in [6, 6.07) is -1.08. The third-order valence-electron chi connectivity index (χ3n) is 4.30. The average Bonchev–Trinajstić information content (AvgIpc) is 2.79. The number of rotatable bonds is 2. The van der Waals surface area contributed by atoms with Gasteiger partial charge in [0.2, 0.25) is 11.8 Å². The third-order valence-corrected chi connectivity index (χ3v) is 4.30. The first-order valence-electron chi connectivity index (χ1n) is 6.78. The molecule has 1 aliphatic heterocycles. The summed E-state index contributed by atoms with van der Waals surface area (Å²) < 4.78 is 0. The molecule has 2 rings (SSSR count). The summed E-state index contributed by atoms with van der Waals surface area (Å²) in [6.07, 6.45) is 3.50. The van der Waals surface area contributed by atoms with E-state index in [1.165, 1.54) is 0 Å². The fourth-order valence-corrected chi connectivity index (χ4v) is 3.39. The highest BCUT2D eigenvalue weighted by Crippen LogP contribution is 2.48. The zero-order valence-corrected chi connectivity index (χ0v) is 11.7. The second-order valence-corrected chi connectivity index (χ2v) is 6.84. The molecule has 1 saturated heterocycles. The van der Waals surface area contributed by atoms with Gasteiger partial charge in [0.1, 0.15) is 6.04 Å². The molecular formula is C14H21NO4. The molecule has 19 heavy (non-hydrogen) atoms. The highest BCUT2D eigenvalue weighted by Gasteiger charge is 2.57. The van der Waals surface area contributed by atoms with Crippen LogP contribution in [0.3, 0.4) is 0 Å². The molecule has 1 atom stereocenters. The summed E-state index contributed by atoms with van der Waals surface area (Å²) >= 11 is 0. The summed E-state index contributed by atoms with van der Waals surface area (Å²) in [4.78, 5) is 37.3. The molecule has 0 aromatic rings. The third kappa shape index (κ3) is 2.15. The SMILES string of the molecule is CC(C)(C)C(C(=O)O)N1C(=O)CC2(CCCC2)C1=O. The van der Waals surface area contributed by atoms with Gasteiger partial charge < -0.3 is 5.11 Å². The molecule has 2 aliphatic rings. The largest absolute Gasteiger partial charge is 0.480 e. The van der Waals surface area contributed by atoms with E-state index < -0.39 is 22.8 Å². The summed E-state index contributed by atoms with van der Waals surface area (Å²) in [5.74, 6) is -1.70. The fourth-order valence-electron chi connectivity index (χ4n) is 3.39. The monoisotopic (exact) mass is 267 g/mol. The van der Waals surface area contributed by atoms with E-state index in [0.717, 1.165) is 17.7 Å². The number of imide groups is 1. The van der Waals surface area contributed by atoms with Crippen LogP contribution in [-0.2, 0) is 14.4 Å². The van der Waals surface area contributed by atoms with Crippen molar-refractivity contribution in [3.05, 3.63) is 0 Å². The van der Waals surface area contributed by atoms with Crippen LogP contribution in [0.4, 0.5) is 0 Å². The van der Waals surface area contributed by atoms with Crippen LogP contribution in [0.5, 0.6) is 0 Å². The standard InChI is InChI=1S/C14H21NO4/c1-13(2,3)10(11(17)18)15-9(16)8-14(12(15)19)6-4-5-7-14/h10H,4-8H2,1-3H3,(H,17,18). The Labute approximate surface area is 113 Å². The van der Waals surface area contributed by atoms with E-state index in [1.807, 2.05) is 0 Å². The Balaban J connectivity index is 2.36. The number of carbonyl (C=O) groups excluding carboxylic acids is 2. The van der Waals surface area contributed by atoms with Crippen LogP contribution in [-0.4, -0.2) is 33.8 Å². The number of aliphatic carboxylic acids is 1. The molecule has 1 spiro atoms. The highest BCUT2D eigenvalue weighted by molar-refractivity contribution is 6.08. The molecule has 0 bridgehead atoms. The quantitative estimate of drug-likeness (QED) is 0.774. The van der Waals surface area contributed by atoms with Gasteiger partial charge in [-0.2, -0.15) is 0 Å². The van der Waals surface area contributed by atoms with Gasteiger partial charge in [0.05, 0.1) is 5.41 Å². The Bertz CT molecular complexity index is 429. The number of nitrogens with zero attached hydrogens (tertiary/aromatic N) is 1. The lowest BCUT2D eigenvalue weighted by molar-refractivity contribution is -0.160. The lowest BCUT2D eigenvalue weighted by Gasteiger charge is -2.34. The van der Waals surface area contributed by atoms with Gasteiger partial charge in [0.25, 0.3) is 0 Å². The molecule has 0 radical (unpaired) electrons. The van der Waals surface area contributed by atoms with Crippen LogP contribution < -0.4 is 0 Å². The number of likely N-dealkylation sites (tertiary alicyclic amines) is 1. The van der Waals surface area contributed by atoms with E-state index >= 15 is 0 Å². The van der Waals surface area contributed by atoms with Crippen molar-refractivity contribution < 1.29 is 19.5 Å². The topological polar surface area (TPSA) is 74.7 Å². The van der Waals surface area contributed by atoms with Gasteiger partial charge in [-0.25, -0.2) is 4.79 Å². The molecule has 1 unspecified atom stereocenters. The Hall–Kier alpha value is -1.39.